The third-order valence-electron chi connectivity index (χ3n) is 2.81. The predicted octanol–water partition coefficient (Wildman–Crippen LogP) is 1.48. The van der Waals surface area contributed by atoms with E-state index in [9.17, 15) is 4.79 Å². The number of aromatic nitrogens is 4. The van der Waals surface area contributed by atoms with Crippen molar-refractivity contribution in [2.75, 3.05) is 6.54 Å². The fourth-order valence-corrected chi connectivity index (χ4v) is 2.03. The normalized spacial score (nSPS) is 11.2. The van der Waals surface area contributed by atoms with Crippen molar-refractivity contribution in [3.63, 3.8) is 0 Å². The van der Waals surface area contributed by atoms with Gasteiger partial charge in [-0.3, -0.25) is 9.48 Å². The average Bonchev–Trinajstić information content (AvgIpc) is 2.98. The number of rotatable bonds is 5. The highest BCUT2D eigenvalue weighted by Gasteiger charge is 2.08. The summed E-state index contributed by atoms with van der Waals surface area (Å²) in [7, 11) is 1.76. The Balaban J connectivity index is 1.86. The highest BCUT2D eigenvalue weighted by Crippen LogP contribution is 2.19. The van der Waals surface area contributed by atoms with Gasteiger partial charge in [0.25, 0.3) is 0 Å². The monoisotopic (exact) mass is 293 g/mol. The maximum absolute atomic E-state index is 11.7. The number of carbonyl (C=O) groups excluding carboxylic acids is 1. The highest BCUT2D eigenvalue weighted by atomic mass is 35.5. The first kappa shape index (κ1) is 14.3. The van der Waals surface area contributed by atoms with Crippen LogP contribution in [0.5, 0.6) is 0 Å². The van der Waals surface area contributed by atoms with Crippen molar-refractivity contribution >= 4 is 23.6 Å². The summed E-state index contributed by atoms with van der Waals surface area (Å²) in [6.07, 6.45) is 7.23. The molecule has 2 aromatic rings. The van der Waals surface area contributed by atoms with E-state index in [2.05, 4.69) is 20.4 Å². The zero-order valence-corrected chi connectivity index (χ0v) is 12.1. The lowest BCUT2D eigenvalue weighted by Gasteiger charge is -1.99. The van der Waals surface area contributed by atoms with Crippen molar-refractivity contribution in [1.29, 1.82) is 0 Å². The molecule has 2 rings (SSSR count). The van der Waals surface area contributed by atoms with Gasteiger partial charge in [0.2, 0.25) is 5.91 Å². The Morgan fingerprint density at radius 3 is 3.00 bits per heavy atom. The van der Waals surface area contributed by atoms with Crippen LogP contribution >= 0.6 is 11.6 Å². The van der Waals surface area contributed by atoms with Gasteiger partial charge in [-0.25, -0.2) is 4.98 Å². The number of amides is 1. The minimum absolute atomic E-state index is 0.170. The van der Waals surface area contributed by atoms with E-state index < -0.39 is 0 Å². The molecule has 6 nitrogen and oxygen atoms in total. The van der Waals surface area contributed by atoms with Gasteiger partial charge >= 0.3 is 0 Å². The molecule has 0 fully saturated rings. The Morgan fingerprint density at radius 1 is 1.60 bits per heavy atom. The van der Waals surface area contributed by atoms with Crippen molar-refractivity contribution in [1.82, 2.24) is 25.1 Å². The second-order valence-corrected chi connectivity index (χ2v) is 4.68. The fraction of sp³-hybridized carbons (Fsp3) is 0.308. The summed E-state index contributed by atoms with van der Waals surface area (Å²) in [5.41, 5.74) is 1.55. The zero-order valence-electron chi connectivity index (χ0n) is 11.4. The van der Waals surface area contributed by atoms with Crippen LogP contribution in [0.2, 0.25) is 5.15 Å². The number of halogens is 1. The maximum Gasteiger partial charge on any atom is 0.244 e. The van der Waals surface area contributed by atoms with Gasteiger partial charge in [0.1, 0.15) is 11.0 Å². The molecule has 0 aliphatic carbocycles. The standard InChI is InChI=1S/C13H16ClN5O/c1-9-10(13(14)19(2)18-9)3-4-12(20)17-6-5-11-15-7-8-16-11/h3-4,7-8H,5-6H2,1-2H3,(H,15,16)(H,17,20)/b4-3+. The zero-order chi connectivity index (χ0) is 14.5. The number of nitrogens with zero attached hydrogens (tertiary/aromatic N) is 3. The van der Waals surface area contributed by atoms with Gasteiger partial charge in [0.15, 0.2) is 0 Å². The number of nitrogens with one attached hydrogen (secondary N) is 2. The summed E-state index contributed by atoms with van der Waals surface area (Å²) >= 11 is 6.07. The van der Waals surface area contributed by atoms with Gasteiger partial charge in [-0.05, 0) is 13.0 Å². The molecule has 0 spiro atoms. The number of H-pyrrole nitrogens is 1. The molecule has 2 heterocycles. The smallest absolute Gasteiger partial charge is 0.244 e. The lowest BCUT2D eigenvalue weighted by molar-refractivity contribution is -0.116. The van der Waals surface area contributed by atoms with Crippen molar-refractivity contribution in [3.05, 3.63) is 40.7 Å². The number of imidazole rings is 1. The molecule has 0 saturated heterocycles. The molecule has 2 aromatic heterocycles. The second kappa shape index (κ2) is 6.38. The first-order valence-corrected chi connectivity index (χ1v) is 6.59. The molecule has 1 amide bonds. The number of aromatic amines is 1. The molecule has 0 aromatic carbocycles. The summed E-state index contributed by atoms with van der Waals surface area (Å²) in [6, 6.07) is 0. The van der Waals surface area contributed by atoms with E-state index in [0.717, 1.165) is 17.1 Å². The highest BCUT2D eigenvalue weighted by molar-refractivity contribution is 6.31. The van der Waals surface area contributed by atoms with Crippen LogP contribution in [0, 0.1) is 6.92 Å². The fourth-order valence-electron chi connectivity index (χ4n) is 1.79. The molecule has 0 aliphatic rings. The Hall–Kier alpha value is -2.08. The molecule has 2 N–H and O–H groups in total. The van der Waals surface area contributed by atoms with Crippen molar-refractivity contribution < 1.29 is 4.79 Å². The lowest BCUT2D eigenvalue weighted by atomic mass is 10.2. The Bertz CT molecular complexity index is 615. The van der Waals surface area contributed by atoms with Crippen molar-refractivity contribution in [2.45, 2.75) is 13.3 Å². The number of hydrogen-bond acceptors (Lipinski definition) is 3. The molecule has 0 atom stereocenters. The van der Waals surface area contributed by atoms with E-state index in [1.54, 1.807) is 30.2 Å². The Kier molecular flexibility index (Phi) is 4.57. The van der Waals surface area contributed by atoms with Gasteiger partial charge in [-0.2, -0.15) is 5.10 Å². The summed E-state index contributed by atoms with van der Waals surface area (Å²) in [4.78, 5) is 18.7. The van der Waals surface area contributed by atoms with E-state index in [0.29, 0.717) is 18.1 Å². The minimum atomic E-state index is -0.170. The quantitative estimate of drug-likeness (QED) is 0.820. The van der Waals surface area contributed by atoms with Gasteiger partial charge in [-0.15, -0.1) is 0 Å². The van der Waals surface area contributed by atoms with Crippen molar-refractivity contribution in [3.8, 4) is 0 Å². The number of aryl methyl sites for hydroxylation is 2. The molecule has 20 heavy (non-hydrogen) atoms. The van der Waals surface area contributed by atoms with E-state index in [4.69, 9.17) is 11.6 Å². The molecule has 0 aliphatic heterocycles. The minimum Gasteiger partial charge on any atom is -0.352 e. The second-order valence-electron chi connectivity index (χ2n) is 4.32. The summed E-state index contributed by atoms with van der Waals surface area (Å²) in [5.74, 6) is 0.677. The van der Waals surface area contributed by atoms with E-state index >= 15 is 0 Å². The first-order valence-electron chi connectivity index (χ1n) is 6.21. The molecule has 0 bridgehead atoms. The summed E-state index contributed by atoms with van der Waals surface area (Å²) in [5, 5.41) is 7.47. The van der Waals surface area contributed by atoms with E-state index in [1.165, 1.54) is 6.08 Å². The average molecular weight is 294 g/mol. The summed E-state index contributed by atoms with van der Waals surface area (Å²) in [6.45, 7) is 2.37. The van der Waals surface area contributed by atoms with Crippen LogP contribution in [0.3, 0.4) is 0 Å². The van der Waals surface area contributed by atoms with Crippen LogP contribution in [0.1, 0.15) is 17.1 Å². The Morgan fingerprint density at radius 2 is 2.40 bits per heavy atom. The van der Waals surface area contributed by atoms with Crippen LogP contribution in [-0.2, 0) is 18.3 Å². The molecule has 106 valence electrons. The largest absolute Gasteiger partial charge is 0.352 e. The molecule has 7 heteroatoms. The van der Waals surface area contributed by atoms with E-state index in [1.807, 2.05) is 6.92 Å². The number of carbonyl (C=O) groups is 1. The van der Waals surface area contributed by atoms with Crippen LogP contribution < -0.4 is 5.32 Å². The van der Waals surface area contributed by atoms with Crippen LogP contribution in [0.25, 0.3) is 6.08 Å². The lowest BCUT2D eigenvalue weighted by Crippen LogP contribution is -2.23. The molecule has 0 saturated carbocycles. The SMILES string of the molecule is Cc1nn(C)c(Cl)c1/C=C/C(=O)NCCc1ncc[nH]1. The Labute approximate surface area is 121 Å². The topological polar surface area (TPSA) is 75.6 Å². The summed E-state index contributed by atoms with van der Waals surface area (Å²) < 4.78 is 1.57. The molecule has 0 unspecified atom stereocenters. The van der Waals surface area contributed by atoms with E-state index in [-0.39, 0.29) is 5.91 Å². The van der Waals surface area contributed by atoms with Gasteiger partial charge in [0, 0.05) is 44.0 Å². The molecule has 0 radical (unpaired) electrons. The predicted molar refractivity (Wildman–Crippen MR) is 77.3 cm³/mol. The van der Waals surface area contributed by atoms with Crippen molar-refractivity contribution in [2.24, 2.45) is 7.05 Å². The molecular weight excluding hydrogens is 278 g/mol. The van der Waals surface area contributed by atoms with Gasteiger partial charge in [0.05, 0.1) is 5.69 Å². The first-order chi connectivity index (χ1) is 9.58. The van der Waals surface area contributed by atoms with Crippen LogP contribution in [0.4, 0.5) is 0 Å². The third-order valence-corrected chi connectivity index (χ3v) is 3.26. The van der Waals surface area contributed by atoms with Crippen LogP contribution in [-0.4, -0.2) is 32.2 Å². The maximum atomic E-state index is 11.7. The van der Waals surface area contributed by atoms with Crippen LogP contribution in [0.15, 0.2) is 18.5 Å². The van der Waals surface area contributed by atoms with Gasteiger partial charge in [-0.1, -0.05) is 11.6 Å². The molecular formula is C13H16ClN5O. The number of hydrogen-bond donors (Lipinski definition) is 2. The van der Waals surface area contributed by atoms with Gasteiger partial charge < -0.3 is 10.3 Å². The third kappa shape index (κ3) is 3.48.